The molecule has 13 heavy (non-hydrogen) atoms. The average Bonchev–Trinajstić information content (AvgIpc) is 2.53. The van der Waals surface area contributed by atoms with E-state index in [-0.39, 0.29) is 0 Å². The van der Waals surface area contributed by atoms with Gasteiger partial charge in [-0.2, -0.15) is 0 Å². The van der Waals surface area contributed by atoms with E-state index >= 15 is 0 Å². The molecule has 0 radical (unpaired) electrons. The van der Waals surface area contributed by atoms with E-state index in [0.29, 0.717) is 0 Å². The second kappa shape index (κ2) is 5.62. The lowest BCUT2D eigenvalue weighted by Gasteiger charge is -2.18. The van der Waals surface area contributed by atoms with Gasteiger partial charge in [0.25, 0.3) is 0 Å². The summed E-state index contributed by atoms with van der Waals surface area (Å²) in [6.45, 7) is 2.22. The van der Waals surface area contributed by atoms with E-state index in [1.807, 2.05) is 0 Å². The Kier molecular flexibility index (Phi) is 4.76. The number of alkyl halides is 1. The molecule has 0 heterocycles. The molecule has 78 valence electrons. The van der Waals surface area contributed by atoms with E-state index in [1.165, 1.54) is 25.7 Å². The molecule has 0 aromatic carbocycles. The van der Waals surface area contributed by atoms with Crippen LogP contribution in [0.4, 0.5) is 4.39 Å². The van der Waals surface area contributed by atoms with Gasteiger partial charge in [0.05, 0.1) is 0 Å². The molecule has 0 aromatic heterocycles. The molecule has 1 saturated carbocycles. The van der Waals surface area contributed by atoms with Gasteiger partial charge in [-0.3, -0.25) is 0 Å². The lowest BCUT2D eigenvalue weighted by atomic mass is 9.96. The third-order valence-electron chi connectivity index (χ3n) is 3.23. The van der Waals surface area contributed by atoms with Crippen molar-refractivity contribution in [1.29, 1.82) is 0 Å². The van der Waals surface area contributed by atoms with Crippen LogP contribution < -0.4 is 0 Å². The Hall–Kier alpha value is -0.0700. The van der Waals surface area contributed by atoms with Crippen LogP contribution in [0.2, 0.25) is 0 Å². The highest BCUT2D eigenvalue weighted by molar-refractivity contribution is 4.84. The predicted octanol–water partition coefficient (Wildman–Crippen LogP) is 4.63. The molecule has 1 aliphatic carbocycles. The summed E-state index contributed by atoms with van der Waals surface area (Å²) < 4.78 is 13.8. The highest BCUT2D eigenvalue weighted by Gasteiger charge is 2.32. The topological polar surface area (TPSA) is 0 Å². The fraction of sp³-hybridized carbons (Fsp3) is 1.00. The molecule has 0 bridgehead atoms. The fourth-order valence-electron chi connectivity index (χ4n) is 2.30. The van der Waals surface area contributed by atoms with Crippen LogP contribution in [0.1, 0.15) is 71.1 Å². The van der Waals surface area contributed by atoms with Gasteiger partial charge in [0, 0.05) is 0 Å². The van der Waals surface area contributed by atoms with Crippen molar-refractivity contribution in [2.45, 2.75) is 76.8 Å². The van der Waals surface area contributed by atoms with Crippen LogP contribution in [0.5, 0.6) is 0 Å². The summed E-state index contributed by atoms with van der Waals surface area (Å²) in [6.07, 6.45) is 11.0. The van der Waals surface area contributed by atoms with Crippen LogP contribution in [0.3, 0.4) is 0 Å². The molecular formula is C12H23F. The Morgan fingerprint density at radius 3 is 2.23 bits per heavy atom. The molecule has 0 spiro atoms. The summed E-state index contributed by atoms with van der Waals surface area (Å²) in [6, 6.07) is 0. The summed E-state index contributed by atoms with van der Waals surface area (Å²) in [4.78, 5) is 0. The first-order valence-electron chi connectivity index (χ1n) is 5.96. The van der Waals surface area contributed by atoms with Gasteiger partial charge in [-0.15, -0.1) is 0 Å². The molecule has 0 saturated heterocycles. The van der Waals surface area contributed by atoms with Crippen LogP contribution in [0, 0.1) is 0 Å². The Bertz CT molecular complexity index is 125. The van der Waals surface area contributed by atoms with Crippen LogP contribution in [0.25, 0.3) is 0 Å². The van der Waals surface area contributed by atoms with Gasteiger partial charge < -0.3 is 0 Å². The van der Waals surface area contributed by atoms with Crippen molar-refractivity contribution >= 4 is 0 Å². The fourth-order valence-corrected chi connectivity index (χ4v) is 2.30. The summed E-state index contributed by atoms with van der Waals surface area (Å²) in [5.74, 6) is 0. The summed E-state index contributed by atoms with van der Waals surface area (Å²) in [7, 11) is 0. The second-order valence-electron chi connectivity index (χ2n) is 4.52. The molecular weight excluding hydrogens is 163 g/mol. The van der Waals surface area contributed by atoms with Gasteiger partial charge in [-0.25, -0.2) is 4.39 Å². The SMILES string of the molecule is CCCCCCCC1(F)CCCC1. The van der Waals surface area contributed by atoms with Gasteiger partial charge in [0.2, 0.25) is 0 Å². The minimum atomic E-state index is -0.758. The van der Waals surface area contributed by atoms with E-state index < -0.39 is 5.67 Å². The normalized spacial score (nSPS) is 20.8. The molecule has 0 N–H and O–H groups in total. The highest BCUT2D eigenvalue weighted by atomic mass is 19.1. The van der Waals surface area contributed by atoms with Crippen molar-refractivity contribution in [3.63, 3.8) is 0 Å². The highest BCUT2D eigenvalue weighted by Crippen LogP contribution is 2.37. The van der Waals surface area contributed by atoms with E-state index in [4.69, 9.17) is 0 Å². The molecule has 1 aliphatic rings. The Labute approximate surface area is 81.9 Å². The predicted molar refractivity (Wildman–Crippen MR) is 55.7 cm³/mol. The van der Waals surface area contributed by atoms with Crippen molar-refractivity contribution < 1.29 is 4.39 Å². The molecule has 0 amide bonds. The van der Waals surface area contributed by atoms with Crippen LogP contribution in [-0.2, 0) is 0 Å². The minimum absolute atomic E-state index is 0.758. The van der Waals surface area contributed by atoms with Crippen molar-refractivity contribution in [1.82, 2.24) is 0 Å². The first kappa shape index (κ1) is 11.0. The number of halogens is 1. The summed E-state index contributed by atoms with van der Waals surface area (Å²) >= 11 is 0. The van der Waals surface area contributed by atoms with Crippen molar-refractivity contribution in [2.24, 2.45) is 0 Å². The molecule has 0 atom stereocenters. The molecule has 1 fully saturated rings. The number of rotatable bonds is 6. The summed E-state index contributed by atoms with van der Waals surface area (Å²) in [5, 5.41) is 0. The number of hydrogen-bond acceptors (Lipinski definition) is 0. The second-order valence-corrected chi connectivity index (χ2v) is 4.52. The number of hydrogen-bond donors (Lipinski definition) is 0. The Balaban J connectivity index is 1.98. The quantitative estimate of drug-likeness (QED) is 0.530. The average molecular weight is 186 g/mol. The maximum atomic E-state index is 13.8. The van der Waals surface area contributed by atoms with Crippen LogP contribution in [-0.4, -0.2) is 5.67 Å². The van der Waals surface area contributed by atoms with Gasteiger partial charge >= 0.3 is 0 Å². The molecule has 0 unspecified atom stereocenters. The van der Waals surface area contributed by atoms with Crippen molar-refractivity contribution in [3.8, 4) is 0 Å². The Morgan fingerprint density at radius 2 is 1.62 bits per heavy atom. The summed E-state index contributed by atoms with van der Waals surface area (Å²) in [5.41, 5.74) is -0.758. The minimum Gasteiger partial charge on any atom is -0.244 e. The number of unbranched alkanes of at least 4 members (excludes halogenated alkanes) is 4. The molecule has 0 nitrogen and oxygen atoms in total. The third kappa shape index (κ3) is 4.10. The largest absolute Gasteiger partial charge is 0.244 e. The maximum Gasteiger partial charge on any atom is 0.111 e. The zero-order valence-corrected chi connectivity index (χ0v) is 8.95. The zero-order chi connectivity index (χ0) is 9.57. The van der Waals surface area contributed by atoms with E-state index in [2.05, 4.69) is 6.92 Å². The Morgan fingerprint density at radius 1 is 1.00 bits per heavy atom. The van der Waals surface area contributed by atoms with Crippen molar-refractivity contribution in [3.05, 3.63) is 0 Å². The lowest BCUT2D eigenvalue weighted by molar-refractivity contribution is 0.154. The van der Waals surface area contributed by atoms with Crippen LogP contribution >= 0.6 is 0 Å². The van der Waals surface area contributed by atoms with Gasteiger partial charge in [-0.05, 0) is 19.3 Å². The third-order valence-corrected chi connectivity index (χ3v) is 3.23. The molecule has 0 aromatic rings. The van der Waals surface area contributed by atoms with Gasteiger partial charge in [0.15, 0.2) is 0 Å². The zero-order valence-electron chi connectivity index (χ0n) is 8.95. The molecule has 0 aliphatic heterocycles. The standard InChI is InChI=1S/C12H23F/c1-2-3-4-5-6-9-12(13)10-7-8-11-12/h2-11H2,1H3. The van der Waals surface area contributed by atoms with Gasteiger partial charge in [-0.1, -0.05) is 51.9 Å². The smallest absolute Gasteiger partial charge is 0.111 e. The van der Waals surface area contributed by atoms with E-state index in [9.17, 15) is 4.39 Å². The first-order chi connectivity index (χ1) is 6.27. The molecule has 1 rings (SSSR count). The van der Waals surface area contributed by atoms with Gasteiger partial charge in [0.1, 0.15) is 5.67 Å². The van der Waals surface area contributed by atoms with E-state index in [1.54, 1.807) is 0 Å². The van der Waals surface area contributed by atoms with E-state index in [0.717, 1.165) is 38.5 Å². The molecule has 1 heteroatoms. The van der Waals surface area contributed by atoms with Crippen molar-refractivity contribution in [2.75, 3.05) is 0 Å². The van der Waals surface area contributed by atoms with Crippen LogP contribution in [0.15, 0.2) is 0 Å². The lowest BCUT2D eigenvalue weighted by Crippen LogP contribution is -2.16. The first-order valence-corrected chi connectivity index (χ1v) is 5.96. The monoisotopic (exact) mass is 186 g/mol. The maximum absolute atomic E-state index is 13.8.